The minimum atomic E-state index is 0.128. The maximum absolute atomic E-state index is 11.9. The molecule has 0 spiro atoms. The number of hydrogen-bond donors (Lipinski definition) is 1. The van der Waals surface area contributed by atoms with Crippen LogP contribution in [0.4, 0.5) is 11.4 Å². The van der Waals surface area contributed by atoms with E-state index in [-0.39, 0.29) is 5.91 Å². The number of carbonyl (C=O) groups excluding carboxylic acids is 1. The molecule has 0 unspecified atom stereocenters. The van der Waals surface area contributed by atoms with Gasteiger partial charge in [-0.1, -0.05) is 12.1 Å². The fraction of sp³-hybridized carbons (Fsp3) is 0.417. The lowest BCUT2D eigenvalue weighted by atomic mass is 10.1. The van der Waals surface area contributed by atoms with Crippen molar-refractivity contribution >= 4 is 17.3 Å². The van der Waals surface area contributed by atoms with Crippen molar-refractivity contribution in [1.82, 2.24) is 5.32 Å². The maximum atomic E-state index is 11.9. The van der Waals surface area contributed by atoms with Gasteiger partial charge in [-0.25, -0.2) is 0 Å². The standard InChI is InChI=1S/C12H17N3O/c1-13-9-12(16)15-8-7-14(2)10-5-3-4-6-11(10)15/h3-6,13H,7-9H2,1-2H3. The zero-order valence-corrected chi connectivity index (χ0v) is 9.73. The quantitative estimate of drug-likeness (QED) is 0.795. The molecular formula is C12H17N3O. The fourth-order valence-electron chi connectivity index (χ4n) is 2.01. The van der Waals surface area contributed by atoms with Gasteiger partial charge in [0.25, 0.3) is 0 Å². The highest BCUT2D eigenvalue weighted by Gasteiger charge is 2.23. The number of fused-ring (bicyclic) bond motifs is 1. The van der Waals surface area contributed by atoms with Crippen molar-refractivity contribution in [2.75, 3.05) is 43.5 Å². The van der Waals surface area contributed by atoms with Crippen LogP contribution in [-0.4, -0.2) is 39.6 Å². The van der Waals surface area contributed by atoms with Crippen LogP contribution in [0.1, 0.15) is 0 Å². The molecule has 1 N–H and O–H groups in total. The van der Waals surface area contributed by atoms with Gasteiger partial charge in [-0.2, -0.15) is 0 Å². The summed E-state index contributed by atoms with van der Waals surface area (Å²) in [4.78, 5) is 15.9. The largest absolute Gasteiger partial charge is 0.371 e. The number of nitrogens with one attached hydrogen (secondary N) is 1. The van der Waals surface area contributed by atoms with Crippen LogP contribution in [0.2, 0.25) is 0 Å². The van der Waals surface area contributed by atoms with Crippen molar-refractivity contribution in [3.8, 4) is 0 Å². The molecule has 86 valence electrons. The van der Waals surface area contributed by atoms with Crippen molar-refractivity contribution < 1.29 is 4.79 Å². The molecule has 1 amide bonds. The van der Waals surface area contributed by atoms with E-state index in [1.54, 1.807) is 7.05 Å². The highest BCUT2D eigenvalue weighted by molar-refractivity contribution is 5.98. The second-order valence-electron chi connectivity index (χ2n) is 3.99. The van der Waals surface area contributed by atoms with Gasteiger partial charge in [-0.15, -0.1) is 0 Å². The molecule has 0 atom stereocenters. The Morgan fingerprint density at radius 1 is 1.31 bits per heavy atom. The molecule has 4 heteroatoms. The second-order valence-corrected chi connectivity index (χ2v) is 3.99. The van der Waals surface area contributed by atoms with Gasteiger partial charge in [0, 0.05) is 20.1 Å². The highest BCUT2D eigenvalue weighted by atomic mass is 16.2. The zero-order valence-electron chi connectivity index (χ0n) is 9.73. The molecule has 16 heavy (non-hydrogen) atoms. The van der Waals surface area contributed by atoms with E-state index in [1.807, 2.05) is 29.2 Å². The van der Waals surface area contributed by atoms with Gasteiger partial charge in [-0.05, 0) is 19.2 Å². The van der Waals surface area contributed by atoms with Gasteiger partial charge in [-0.3, -0.25) is 4.79 Å². The third-order valence-corrected chi connectivity index (χ3v) is 2.87. The Balaban J connectivity index is 2.31. The van der Waals surface area contributed by atoms with Crippen LogP contribution < -0.4 is 15.1 Å². The number of anilines is 2. The minimum Gasteiger partial charge on any atom is -0.371 e. The molecule has 2 rings (SSSR count). The van der Waals surface area contributed by atoms with Gasteiger partial charge in [0.1, 0.15) is 0 Å². The molecule has 0 radical (unpaired) electrons. The molecule has 1 heterocycles. The van der Waals surface area contributed by atoms with Gasteiger partial charge in [0.2, 0.25) is 5.91 Å². The van der Waals surface area contributed by atoms with Gasteiger partial charge >= 0.3 is 0 Å². The van der Waals surface area contributed by atoms with Crippen LogP contribution in [-0.2, 0) is 4.79 Å². The van der Waals surface area contributed by atoms with Crippen molar-refractivity contribution in [2.45, 2.75) is 0 Å². The first-order valence-corrected chi connectivity index (χ1v) is 5.49. The molecule has 1 aromatic carbocycles. The Kier molecular flexibility index (Phi) is 3.10. The number of likely N-dealkylation sites (N-methyl/N-ethyl adjacent to an activating group) is 2. The second kappa shape index (κ2) is 4.53. The van der Waals surface area contributed by atoms with E-state index < -0.39 is 0 Å². The van der Waals surface area contributed by atoms with E-state index >= 15 is 0 Å². The van der Waals surface area contributed by atoms with Gasteiger partial charge in [0.05, 0.1) is 17.9 Å². The molecule has 0 aliphatic carbocycles. The molecule has 1 aliphatic rings. The third kappa shape index (κ3) is 1.88. The number of nitrogens with zero attached hydrogens (tertiary/aromatic N) is 2. The van der Waals surface area contributed by atoms with Crippen LogP contribution in [0.15, 0.2) is 24.3 Å². The summed E-state index contributed by atoms with van der Waals surface area (Å²) < 4.78 is 0. The van der Waals surface area contributed by atoms with E-state index in [9.17, 15) is 4.79 Å². The first kappa shape index (κ1) is 11.0. The molecular weight excluding hydrogens is 202 g/mol. The Bertz CT molecular complexity index is 392. The Morgan fingerprint density at radius 3 is 2.69 bits per heavy atom. The van der Waals surface area contributed by atoms with Crippen LogP contribution in [0.5, 0.6) is 0 Å². The summed E-state index contributed by atoms with van der Waals surface area (Å²) in [6.45, 7) is 2.03. The monoisotopic (exact) mass is 219 g/mol. The van der Waals surface area contributed by atoms with Crippen LogP contribution in [0, 0.1) is 0 Å². The third-order valence-electron chi connectivity index (χ3n) is 2.87. The van der Waals surface area contributed by atoms with E-state index in [0.29, 0.717) is 6.54 Å². The maximum Gasteiger partial charge on any atom is 0.241 e. The first-order chi connectivity index (χ1) is 7.74. The number of carbonyl (C=O) groups is 1. The van der Waals surface area contributed by atoms with Crippen molar-refractivity contribution in [1.29, 1.82) is 0 Å². The zero-order chi connectivity index (χ0) is 11.5. The van der Waals surface area contributed by atoms with Crippen molar-refractivity contribution in [3.05, 3.63) is 24.3 Å². The van der Waals surface area contributed by atoms with Crippen LogP contribution in [0.25, 0.3) is 0 Å². The van der Waals surface area contributed by atoms with Crippen LogP contribution in [0.3, 0.4) is 0 Å². The lowest BCUT2D eigenvalue weighted by molar-refractivity contribution is -0.117. The van der Waals surface area contributed by atoms with Crippen LogP contribution >= 0.6 is 0 Å². The molecule has 0 saturated heterocycles. The van der Waals surface area contributed by atoms with Crippen molar-refractivity contribution in [3.63, 3.8) is 0 Å². The summed E-state index contributed by atoms with van der Waals surface area (Å²) >= 11 is 0. The van der Waals surface area contributed by atoms with E-state index in [2.05, 4.69) is 17.3 Å². The molecule has 0 saturated carbocycles. The summed E-state index contributed by atoms with van der Waals surface area (Å²) in [7, 11) is 3.85. The van der Waals surface area contributed by atoms with E-state index in [0.717, 1.165) is 24.5 Å². The molecule has 0 fully saturated rings. The minimum absolute atomic E-state index is 0.128. The summed E-state index contributed by atoms with van der Waals surface area (Å²) in [5, 5.41) is 2.90. The fourth-order valence-corrected chi connectivity index (χ4v) is 2.01. The van der Waals surface area contributed by atoms with Gasteiger partial charge in [0.15, 0.2) is 0 Å². The number of rotatable bonds is 2. The summed E-state index contributed by atoms with van der Waals surface area (Å²) in [5.41, 5.74) is 2.13. The predicted molar refractivity (Wildman–Crippen MR) is 66.0 cm³/mol. The Morgan fingerprint density at radius 2 is 2.00 bits per heavy atom. The average molecular weight is 219 g/mol. The lowest BCUT2D eigenvalue weighted by Crippen LogP contribution is -2.45. The number of amides is 1. The summed E-state index contributed by atoms with van der Waals surface area (Å²) in [5.74, 6) is 0.128. The molecule has 1 aliphatic heterocycles. The smallest absolute Gasteiger partial charge is 0.241 e. The topological polar surface area (TPSA) is 35.6 Å². The molecule has 0 aromatic heterocycles. The first-order valence-electron chi connectivity index (χ1n) is 5.49. The average Bonchev–Trinajstić information content (AvgIpc) is 2.30. The number of hydrogen-bond acceptors (Lipinski definition) is 3. The number of para-hydroxylation sites is 2. The Hall–Kier alpha value is -1.55. The normalized spacial score (nSPS) is 14.9. The summed E-state index contributed by atoms with van der Waals surface area (Å²) in [6.07, 6.45) is 0. The molecule has 1 aromatic rings. The Labute approximate surface area is 95.8 Å². The highest BCUT2D eigenvalue weighted by Crippen LogP contribution is 2.31. The van der Waals surface area contributed by atoms with Gasteiger partial charge < -0.3 is 15.1 Å². The molecule has 4 nitrogen and oxygen atoms in total. The summed E-state index contributed by atoms with van der Waals surface area (Å²) in [6, 6.07) is 8.02. The SMILES string of the molecule is CNCC(=O)N1CCN(C)c2ccccc21. The predicted octanol–water partition coefficient (Wildman–Crippen LogP) is 0.689. The van der Waals surface area contributed by atoms with Crippen molar-refractivity contribution in [2.24, 2.45) is 0 Å². The molecule has 0 bridgehead atoms. The van der Waals surface area contributed by atoms with E-state index in [1.165, 1.54) is 0 Å². The lowest BCUT2D eigenvalue weighted by Gasteiger charge is -2.35. The number of benzene rings is 1. The van der Waals surface area contributed by atoms with E-state index in [4.69, 9.17) is 0 Å².